The van der Waals surface area contributed by atoms with E-state index in [4.69, 9.17) is 9.47 Å². The van der Waals surface area contributed by atoms with E-state index in [0.29, 0.717) is 12.8 Å². The molecular weight excluding hydrogens is 634 g/mol. The molecule has 0 aromatic heterocycles. The van der Waals surface area contributed by atoms with Gasteiger partial charge in [-0.3, -0.25) is 4.79 Å². The molecule has 7 unspecified atom stereocenters. The highest BCUT2D eigenvalue weighted by atomic mass is 16.7. The van der Waals surface area contributed by atoms with Crippen molar-refractivity contribution < 1.29 is 39.8 Å². The van der Waals surface area contributed by atoms with Crippen LogP contribution in [0.3, 0.4) is 0 Å². The first kappa shape index (κ1) is 47.0. The number of hydrogen-bond acceptors (Lipinski definition) is 8. The summed E-state index contributed by atoms with van der Waals surface area (Å²) in [6.45, 7) is 3.78. The van der Waals surface area contributed by atoms with E-state index in [1.165, 1.54) is 122 Å². The molecule has 296 valence electrons. The van der Waals surface area contributed by atoms with E-state index in [1.807, 2.05) is 0 Å². The number of aliphatic hydroxyl groups is 5. The molecule has 9 nitrogen and oxygen atoms in total. The van der Waals surface area contributed by atoms with Crippen LogP contribution in [0.15, 0.2) is 12.2 Å². The van der Waals surface area contributed by atoms with Gasteiger partial charge in [-0.15, -0.1) is 0 Å². The number of allylic oxidation sites excluding steroid dienone is 2. The van der Waals surface area contributed by atoms with Gasteiger partial charge in [0.2, 0.25) is 5.91 Å². The van der Waals surface area contributed by atoms with Gasteiger partial charge in [0, 0.05) is 6.42 Å². The highest BCUT2D eigenvalue weighted by Crippen LogP contribution is 2.23. The van der Waals surface area contributed by atoms with Gasteiger partial charge in [-0.05, 0) is 38.5 Å². The maximum absolute atomic E-state index is 12.9. The molecule has 1 rings (SSSR count). The lowest BCUT2D eigenvalue weighted by molar-refractivity contribution is -0.302. The number of amides is 1. The molecule has 0 aromatic rings. The minimum absolute atomic E-state index is 0.137. The van der Waals surface area contributed by atoms with Gasteiger partial charge in [0.05, 0.1) is 25.4 Å². The Morgan fingerprint density at radius 2 is 1.12 bits per heavy atom. The van der Waals surface area contributed by atoms with Crippen molar-refractivity contribution in [3.8, 4) is 0 Å². The van der Waals surface area contributed by atoms with Crippen LogP contribution in [0.4, 0.5) is 0 Å². The SMILES string of the molecule is CCCCCCCC/C=C\CCCCCCCCCCCC(=O)NC(COC1OC(CO)C(O)C(O)C1O)C(O)CCCCCCCCCC. The second kappa shape index (κ2) is 32.6. The maximum Gasteiger partial charge on any atom is 0.220 e. The van der Waals surface area contributed by atoms with E-state index in [2.05, 4.69) is 31.3 Å². The molecule has 0 aliphatic carbocycles. The molecule has 1 aliphatic heterocycles. The number of unbranched alkanes of at least 4 members (excludes halogenated alkanes) is 22. The van der Waals surface area contributed by atoms with Gasteiger partial charge >= 0.3 is 0 Å². The highest BCUT2D eigenvalue weighted by molar-refractivity contribution is 5.76. The van der Waals surface area contributed by atoms with Crippen LogP contribution in [0.1, 0.15) is 187 Å². The van der Waals surface area contributed by atoms with Crippen molar-refractivity contribution >= 4 is 5.91 Å². The minimum Gasteiger partial charge on any atom is -0.394 e. The second-order valence-electron chi connectivity index (χ2n) is 14.8. The Bertz CT molecular complexity index is 797. The lowest BCUT2D eigenvalue weighted by Crippen LogP contribution is -2.60. The number of carbonyl (C=O) groups is 1. The predicted molar refractivity (Wildman–Crippen MR) is 203 cm³/mol. The van der Waals surface area contributed by atoms with E-state index in [-0.39, 0.29) is 12.5 Å². The summed E-state index contributed by atoms with van der Waals surface area (Å²) < 4.78 is 11.2. The van der Waals surface area contributed by atoms with Crippen LogP contribution in [0.2, 0.25) is 0 Å². The number of ether oxygens (including phenoxy) is 2. The van der Waals surface area contributed by atoms with Crippen LogP contribution in [-0.2, 0) is 14.3 Å². The van der Waals surface area contributed by atoms with Crippen LogP contribution in [0.25, 0.3) is 0 Å². The van der Waals surface area contributed by atoms with Gasteiger partial charge in [0.1, 0.15) is 24.4 Å². The highest BCUT2D eigenvalue weighted by Gasteiger charge is 2.44. The standard InChI is InChI=1S/C41H79NO8/c1-3-5-7-9-11-13-14-15-16-17-18-19-20-21-22-23-25-27-29-31-37(45)42-34(35(44)30-28-26-24-12-10-8-6-4-2)33-49-41-40(48)39(47)38(46)36(32-43)50-41/h15-16,34-36,38-41,43-44,46-48H,3-14,17-33H2,1-2H3,(H,42,45)/b16-15-. The monoisotopic (exact) mass is 714 g/mol. The number of hydrogen-bond donors (Lipinski definition) is 6. The first-order valence-corrected chi connectivity index (χ1v) is 20.9. The molecule has 0 saturated carbocycles. The molecule has 9 heteroatoms. The van der Waals surface area contributed by atoms with Crippen molar-refractivity contribution in [3.63, 3.8) is 0 Å². The maximum atomic E-state index is 12.9. The van der Waals surface area contributed by atoms with Crippen molar-refractivity contribution in [2.24, 2.45) is 0 Å². The molecule has 1 saturated heterocycles. The summed E-state index contributed by atoms with van der Waals surface area (Å²) in [7, 11) is 0. The van der Waals surface area contributed by atoms with E-state index < -0.39 is 49.5 Å². The van der Waals surface area contributed by atoms with Crippen LogP contribution in [-0.4, -0.2) is 87.5 Å². The van der Waals surface area contributed by atoms with Crippen molar-refractivity contribution in [1.82, 2.24) is 5.32 Å². The Kier molecular flexibility index (Phi) is 30.6. The average Bonchev–Trinajstić information content (AvgIpc) is 3.11. The zero-order chi connectivity index (χ0) is 36.7. The fourth-order valence-electron chi connectivity index (χ4n) is 6.68. The molecule has 0 spiro atoms. The lowest BCUT2D eigenvalue weighted by Gasteiger charge is -2.40. The van der Waals surface area contributed by atoms with Crippen molar-refractivity contribution in [2.75, 3.05) is 13.2 Å². The first-order chi connectivity index (χ1) is 24.3. The van der Waals surface area contributed by atoms with E-state index in [9.17, 15) is 30.3 Å². The Morgan fingerprint density at radius 3 is 1.62 bits per heavy atom. The van der Waals surface area contributed by atoms with Gasteiger partial charge in [-0.1, -0.05) is 154 Å². The Labute approximate surface area is 306 Å². The summed E-state index contributed by atoms with van der Waals surface area (Å²) >= 11 is 0. The smallest absolute Gasteiger partial charge is 0.220 e. The fourth-order valence-corrected chi connectivity index (χ4v) is 6.68. The van der Waals surface area contributed by atoms with Gasteiger partial charge < -0.3 is 40.3 Å². The molecule has 1 heterocycles. The Balaban J connectivity index is 2.29. The summed E-state index contributed by atoms with van der Waals surface area (Å²) in [5.41, 5.74) is 0. The van der Waals surface area contributed by atoms with E-state index >= 15 is 0 Å². The van der Waals surface area contributed by atoms with Crippen LogP contribution >= 0.6 is 0 Å². The third-order valence-corrected chi connectivity index (χ3v) is 10.1. The van der Waals surface area contributed by atoms with Crippen LogP contribution in [0, 0.1) is 0 Å². The third kappa shape index (κ3) is 23.5. The Hall–Kier alpha value is -1.07. The minimum atomic E-state index is -1.55. The Morgan fingerprint density at radius 1 is 0.660 bits per heavy atom. The molecule has 0 bridgehead atoms. The van der Waals surface area contributed by atoms with Crippen molar-refractivity contribution in [3.05, 3.63) is 12.2 Å². The van der Waals surface area contributed by atoms with Gasteiger partial charge in [-0.25, -0.2) is 0 Å². The summed E-state index contributed by atoms with van der Waals surface area (Å²) in [4.78, 5) is 12.9. The predicted octanol–water partition coefficient (Wildman–Crippen LogP) is 7.78. The average molecular weight is 714 g/mol. The summed E-state index contributed by atoms with van der Waals surface area (Å²) in [5.74, 6) is -0.150. The summed E-state index contributed by atoms with van der Waals surface area (Å²) in [6, 6.07) is -0.713. The number of nitrogens with one attached hydrogen (secondary N) is 1. The second-order valence-corrected chi connectivity index (χ2v) is 14.8. The third-order valence-electron chi connectivity index (χ3n) is 10.1. The molecule has 1 aliphatic rings. The quantitative estimate of drug-likeness (QED) is 0.0293. The fraction of sp³-hybridized carbons (Fsp3) is 0.927. The molecule has 0 aromatic carbocycles. The topological polar surface area (TPSA) is 149 Å². The van der Waals surface area contributed by atoms with Gasteiger partial charge in [-0.2, -0.15) is 0 Å². The number of carbonyl (C=O) groups excluding carboxylic acids is 1. The molecule has 0 radical (unpaired) electrons. The van der Waals surface area contributed by atoms with Crippen molar-refractivity contribution in [1.29, 1.82) is 0 Å². The molecule has 6 N–H and O–H groups in total. The molecule has 50 heavy (non-hydrogen) atoms. The van der Waals surface area contributed by atoms with Crippen LogP contribution < -0.4 is 5.32 Å². The molecule has 1 fully saturated rings. The largest absolute Gasteiger partial charge is 0.394 e. The number of rotatable bonds is 34. The lowest BCUT2D eigenvalue weighted by atomic mass is 9.99. The van der Waals surface area contributed by atoms with Gasteiger partial charge in [0.25, 0.3) is 0 Å². The zero-order valence-electron chi connectivity index (χ0n) is 32.2. The van der Waals surface area contributed by atoms with E-state index in [1.54, 1.807) is 0 Å². The van der Waals surface area contributed by atoms with Gasteiger partial charge in [0.15, 0.2) is 6.29 Å². The molecule has 7 atom stereocenters. The molecular formula is C41H79NO8. The zero-order valence-corrected chi connectivity index (χ0v) is 32.2. The molecule has 1 amide bonds. The normalized spacial score (nSPS) is 22.3. The van der Waals surface area contributed by atoms with Crippen LogP contribution in [0.5, 0.6) is 0 Å². The number of aliphatic hydroxyl groups excluding tert-OH is 5. The summed E-state index contributed by atoms with van der Waals surface area (Å²) in [5, 5.41) is 54.0. The van der Waals surface area contributed by atoms with Crippen molar-refractivity contribution in [2.45, 2.75) is 230 Å². The first-order valence-electron chi connectivity index (χ1n) is 20.9. The van der Waals surface area contributed by atoms with E-state index in [0.717, 1.165) is 38.5 Å². The summed E-state index contributed by atoms with van der Waals surface area (Å²) in [6.07, 6.45) is 28.0.